The van der Waals surface area contributed by atoms with Crippen molar-refractivity contribution in [1.82, 2.24) is 9.97 Å². The Labute approximate surface area is 145 Å². The zero-order valence-electron chi connectivity index (χ0n) is 13.0. The molecular weight excluding hydrogens is 351 g/mol. The molecule has 4 nitrogen and oxygen atoms in total. The van der Waals surface area contributed by atoms with Crippen molar-refractivity contribution in [1.29, 1.82) is 0 Å². The van der Waals surface area contributed by atoms with Gasteiger partial charge in [-0.1, -0.05) is 0 Å². The van der Waals surface area contributed by atoms with Gasteiger partial charge in [0.15, 0.2) is 0 Å². The molecular formula is C17H12F3N3OS. The molecule has 128 valence electrons. The number of carbonyl (C=O) groups is 1. The van der Waals surface area contributed by atoms with E-state index in [4.69, 9.17) is 0 Å². The van der Waals surface area contributed by atoms with Gasteiger partial charge in [-0.2, -0.15) is 13.2 Å². The number of aromatic nitrogens is 2. The molecule has 3 aromatic rings. The van der Waals surface area contributed by atoms with Gasteiger partial charge in [-0.15, -0.1) is 11.3 Å². The molecule has 0 saturated carbocycles. The third-order valence-electron chi connectivity index (χ3n) is 3.44. The molecule has 0 aliphatic rings. The number of benzene rings is 1. The Hall–Kier alpha value is -2.74. The fourth-order valence-corrected chi connectivity index (χ4v) is 2.86. The van der Waals surface area contributed by atoms with E-state index in [1.807, 2.05) is 17.5 Å². The lowest BCUT2D eigenvalue weighted by Gasteiger charge is -2.10. The third kappa shape index (κ3) is 3.85. The minimum absolute atomic E-state index is 0.0201. The number of nitrogens with zero attached hydrogens (tertiary/aromatic N) is 2. The molecule has 0 spiro atoms. The molecule has 1 aromatic carbocycles. The number of hydrogen-bond donors (Lipinski definition) is 1. The number of aryl methyl sites for hydroxylation is 1. The summed E-state index contributed by atoms with van der Waals surface area (Å²) >= 11 is 1.50. The van der Waals surface area contributed by atoms with Crippen LogP contribution in [0.15, 0.2) is 48.0 Å². The predicted octanol–water partition coefficient (Wildman–Crippen LogP) is 4.78. The lowest BCUT2D eigenvalue weighted by molar-refractivity contribution is -0.141. The molecule has 2 aromatic heterocycles. The fraction of sp³-hybridized carbons (Fsp3) is 0.118. The normalized spacial score (nSPS) is 11.4. The van der Waals surface area contributed by atoms with Crippen molar-refractivity contribution in [3.63, 3.8) is 0 Å². The summed E-state index contributed by atoms with van der Waals surface area (Å²) in [6.07, 6.45) is -2.83. The van der Waals surface area contributed by atoms with Crippen LogP contribution in [0.4, 0.5) is 18.9 Å². The summed E-state index contributed by atoms with van der Waals surface area (Å²) < 4.78 is 37.9. The van der Waals surface area contributed by atoms with Gasteiger partial charge in [0.2, 0.25) is 0 Å². The first-order valence-corrected chi connectivity index (χ1v) is 8.08. The highest BCUT2D eigenvalue weighted by Crippen LogP contribution is 2.28. The monoisotopic (exact) mass is 363 g/mol. The molecule has 2 heterocycles. The lowest BCUT2D eigenvalue weighted by Crippen LogP contribution is -2.16. The van der Waals surface area contributed by atoms with Crippen molar-refractivity contribution in [3.8, 4) is 10.6 Å². The van der Waals surface area contributed by atoms with E-state index < -0.39 is 17.8 Å². The van der Waals surface area contributed by atoms with E-state index in [-0.39, 0.29) is 11.3 Å². The fourth-order valence-electron chi connectivity index (χ4n) is 2.22. The average Bonchev–Trinajstić information content (AvgIpc) is 3.09. The first kappa shape index (κ1) is 17.1. The molecule has 1 amide bonds. The van der Waals surface area contributed by atoms with Crippen LogP contribution in [0.1, 0.15) is 21.7 Å². The van der Waals surface area contributed by atoms with Gasteiger partial charge in [-0.3, -0.25) is 4.79 Å². The number of nitrogens with one attached hydrogen (secondary N) is 1. The molecule has 25 heavy (non-hydrogen) atoms. The van der Waals surface area contributed by atoms with E-state index in [0.29, 0.717) is 5.69 Å². The SMILES string of the molecule is Cc1nc(C(F)(F)F)ccc1C(=O)Nc1ccc(-c2nccs2)cc1. The minimum Gasteiger partial charge on any atom is -0.322 e. The number of anilines is 1. The lowest BCUT2D eigenvalue weighted by atomic mass is 10.1. The maximum Gasteiger partial charge on any atom is 0.433 e. The van der Waals surface area contributed by atoms with E-state index in [0.717, 1.165) is 22.7 Å². The molecule has 0 aliphatic heterocycles. The largest absolute Gasteiger partial charge is 0.433 e. The Morgan fingerprint density at radius 3 is 2.40 bits per heavy atom. The molecule has 0 atom stereocenters. The maximum atomic E-state index is 12.6. The van der Waals surface area contributed by atoms with Crippen LogP contribution in [-0.2, 0) is 6.18 Å². The molecule has 0 aliphatic carbocycles. The van der Waals surface area contributed by atoms with Crippen LogP contribution in [0.25, 0.3) is 10.6 Å². The summed E-state index contributed by atoms with van der Waals surface area (Å²) in [4.78, 5) is 19.9. The van der Waals surface area contributed by atoms with Gasteiger partial charge in [0.25, 0.3) is 5.91 Å². The van der Waals surface area contributed by atoms with Gasteiger partial charge in [-0.05, 0) is 43.3 Å². The standard InChI is InChI=1S/C17H12F3N3OS/c1-10-13(6-7-14(22-10)17(18,19)20)15(24)23-12-4-2-11(3-5-12)16-21-8-9-25-16/h2-9H,1H3,(H,23,24). The van der Waals surface area contributed by atoms with Crippen LogP contribution in [0.3, 0.4) is 0 Å². The number of alkyl halides is 3. The van der Waals surface area contributed by atoms with Crippen molar-refractivity contribution in [2.75, 3.05) is 5.32 Å². The maximum absolute atomic E-state index is 12.6. The highest BCUT2D eigenvalue weighted by molar-refractivity contribution is 7.13. The number of amides is 1. The Morgan fingerprint density at radius 2 is 1.84 bits per heavy atom. The van der Waals surface area contributed by atoms with Crippen molar-refractivity contribution < 1.29 is 18.0 Å². The number of hydrogen-bond acceptors (Lipinski definition) is 4. The zero-order chi connectivity index (χ0) is 18.0. The van der Waals surface area contributed by atoms with Gasteiger partial charge in [0, 0.05) is 22.8 Å². The first-order chi connectivity index (χ1) is 11.8. The Kier molecular flexibility index (Phi) is 4.54. The number of thiazole rings is 1. The number of pyridine rings is 1. The number of halogens is 3. The van der Waals surface area contributed by atoms with Crippen molar-refractivity contribution in [3.05, 3.63) is 64.9 Å². The second-order valence-corrected chi connectivity index (χ2v) is 6.09. The van der Waals surface area contributed by atoms with Gasteiger partial charge < -0.3 is 5.32 Å². The second kappa shape index (κ2) is 6.64. The number of rotatable bonds is 3. The zero-order valence-corrected chi connectivity index (χ0v) is 13.8. The smallest absolute Gasteiger partial charge is 0.322 e. The predicted molar refractivity (Wildman–Crippen MR) is 89.5 cm³/mol. The molecule has 8 heteroatoms. The van der Waals surface area contributed by atoms with E-state index in [9.17, 15) is 18.0 Å². The second-order valence-electron chi connectivity index (χ2n) is 5.20. The summed E-state index contributed by atoms with van der Waals surface area (Å²) in [5, 5.41) is 5.38. The molecule has 0 radical (unpaired) electrons. The van der Waals surface area contributed by atoms with Crippen molar-refractivity contribution >= 4 is 22.9 Å². The van der Waals surface area contributed by atoms with Crippen LogP contribution < -0.4 is 5.32 Å². The van der Waals surface area contributed by atoms with Crippen LogP contribution in [0, 0.1) is 6.92 Å². The van der Waals surface area contributed by atoms with Crippen molar-refractivity contribution in [2.45, 2.75) is 13.1 Å². The summed E-state index contributed by atoms with van der Waals surface area (Å²) in [7, 11) is 0. The minimum atomic E-state index is -4.54. The Balaban J connectivity index is 1.76. The highest BCUT2D eigenvalue weighted by Gasteiger charge is 2.33. The number of carbonyl (C=O) groups excluding carboxylic acids is 1. The quantitative estimate of drug-likeness (QED) is 0.728. The van der Waals surface area contributed by atoms with E-state index in [2.05, 4.69) is 15.3 Å². The summed E-state index contributed by atoms with van der Waals surface area (Å²) in [5.74, 6) is -0.513. The van der Waals surface area contributed by atoms with Crippen LogP contribution in [-0.4, -0.2) is 15.9 Å². The van der Waals surface area contributed by atoms with Gasteiger partial charge in [0.1, 0.15) is 10.7 Å². The van der Waals surface area contributed by atoms with Gasteiger partial charge >= 0.3 is 6.18 Å². The van der Waals surface area contributed by atoms with Crippen LogP contribution in [0.5, 0.6) is 0 Å². The van der Waals surface area contributed by atoms with Crippen LogP contribution >= 0.6 is 11.3 Å². The van der Waals surface area contributed by atoms with E-state index in [1.54, 1.807) is 18.3 Å². The molecule has 1 N–H and O–H groups in total. The molecule has 0 saturated heterocycles. The first-order valence-electron chi connectivity index (χ1n) is 7.21. The summed E-state index contributed by atoms with van der Waals surface area (Å²) in [6.45, 7) is 1.37. The molecule has 3 rings (SSSR count). The Morgan fingerprint density at radius 1 is 1.12 bits per heavy atom. The third-order valence-corrected chi connectivity index (χ3v) is 4.27. The summed E-state index contributed by atoms with van der Waals surface area (Å²) in [6, 6.07) is 8.97. The van der Waals surface area contributed by atoms with Crippen molar-refractivity contribution in [2.24, 2.45) is 0 Å². The topological polar surface area (TPSA) is 54.9 Å². The van der Waals surface area contributed by atoms with E-state index in [1.165, 1.54) is 18.3 Å². The molecule has 0 unspecified atom stereocenters. The Bertz CT molecular complexity index is 891. The van der Waals surface area contributed by atoms with Gasteiger partial charge in [-0.25, -0.2) is 9.97 Å². The summed E-state index contributed by atoms with van der Waals surface area (Å²) in [5.41, 5.74) is 0.545. The average molecular weight is 363 g/mol. The van der Waals surface area contributed by atoms with Crippen LogP contribution in [0.2, 0.25) is 0 Å². The molecule has 0 bridgehead atoms. The van der Waals surface area contributed by atoms with Gasteiger partial charge in [0.05, 0.1) is 11.3 Å². The highest BCUT2D eigenvalue weighted by atomic mass is 32.1. The molecule has 0 fully saturated rings. The van der Waals surface area contributed by atoms with E-state index >= 15 is 0 Å².